The fourth-order valence-electron chi connectivity index (χ4n) is 2.26. The molecule has 1 atom stereocenters. The Kier molecular flexibility index (Phi) is 5.74. The molecule has 0 unspecified atom stereocenters. The zero-order valence-corrected chi connectivity index (χ0v) is 15.1. The van der Waals surface area contributed by atoms with Crippen molar-refractivity contribution in [1.82, 2.24) is 25.8 Å². The van der Waals surface area contributed by atoms with E-state index in [4.69, 9.17) is 0 Å². The summed E-state index contributed by atoms with van der Waals surface area (Å²) < 4.78 is 0. The predicted octanol–water partition coefficient (Wildman–Crippen LogP) is 2.44. The number of nitrogens with zero attached hydrogens (tertiary/aromatic N) is 2. The largest absolute Gasteiger partial charge is 0.350 e. The highest BCUT2D eigenvalue weighted by molar-refractivity contribution is 5.96. The standard InChI is InChI=1S/C17H24N6O2/c1-9(2)18-16(24)13-6-7-14(10(3)8-13)21-17(25)19-11(4)15-20-12(5)22-23-15/h6-9,11H,1-5H3,(H,18,24)(H2,19,21,25)(H,20,22,23)/t11-/m0/s1. The number of amides is 3. The number of aromatic nitrogens is 3. The first-order chi connectivity index (χ1) is 11.8. The number of aromatic amines is 1. The van der Waals surface area contributed by atoms with E-state index in [1.54, 1.807) is 32.0 Å². The van der Waals surface area contributed by atoms with Gasteiger partial charge in [0.1, 0.15) is 5.82 Å². The molecule has 1 heterocycles. The maximum absolute atomic E-state index is 12.2. The maximum atomic E-state index is 12.2. The molecule has 8 nitrogen and oxygen atoms in total. The molecule has 4 N–H and O–H groups in total. The quantitative estimate of drug-likeness (QED) is 0.667. The summed E-state index contributed by atoms with van der Waals surface area (Å²) >= 11 is 0. The van der Waals surface area contributed by atoms with Gasteiger partial charge >= 0.3 is 6.03 Å². The Morgan fingerprint density at radius 3 is 2.40 bits per heavy atom. The van der Waals surface area contributed by atoms with Crippen LogP contribution in [-0.4, -0.2) is 33.2 Å². The van der Waals surface area contributed by atoms with Gasteiger partial charge in [-0.3, -0.25) is 9.89 Å². The lowest BCUT2D eigenvalue weighted by atomic mass is 10.1. The van der Waals surface area contributed by atoms with E-state index in [9.17, 15) is 9.59 Å². The van der Waals surface area contributed by atoms with E-state index in [2.05, 4.69) is 31.1 Å². The molecule has 134 valence electrons. The van der Waals surface area contributed by atoms with Crippen LogP contribution >= 0.6 is 0 Å². The minimum absolute atomic E-state index is 0.0668. The monoisotopic (exact) mass is 344 g/mol. The second-order valence-electron chi connectivity index (χ2n) is 6.26. The first-order valence-corrected chi connectivity index (χ1v) is 8.14. The van der Waals surface area contributed by atoms with Gasteiger partial charge in [0.05, 0.1) is 6.04 Å². The van der Waals surface area contributed by atoms with Gasteiger partial charge in [0, 0.05) is 17.3 Å². The van der Waals surface area contributed by atoms with Gasteiger partial charge in [-0.25, -0.2) is 9.78 Å². The minimum atomic E-state index is -0.363. The SMILES string of the molecule is Cc1nc([C@H](C)NC(=O)Nc2ccc(C(=O)NC(C)C)cc2C)n[nH]1. The van der Waals surface area contributed by atoms with Crippen molar-refractivity contribution in [3.63, 3.8) is 0 Å². The summed E-state index contributed by atoms with van der Waals surface area (Å²) in [4.78, 5) is 28.4. The number of hydrogen-bond acceptors (Lipinski definition) is 4. The van der Waals surface area contributed by atoms with Crippen molar-refractivity contribution >= 4 is 17.6 Å². The summed E-state index contributed by atoms with van der Waals surface area (Å²) in [5, 5.41) is 15.2. The van der Waals surface area contributed by atoms with Crippen molar-refractivity contribution in [2.24, 2.45) is 0 Å². The molecule has 2 aromatic rings. The number of aryl methyl sites for hydroxylation is 2. The summed E-state index contributed by atoms with van der Waals surface area (Å²) in [6.45, 7) is 9.24. The van der Waals surface area contributed by atoms with Gasteiger partial charge in [-0.15, -0.1) is 0 Å². The van der Waals surface area contributed by atoms with Gasteiger partial charge in [-0.1, -0.05) is 0 Å². The fraction of sp³-hybridized carbons (Fsp3) is 0.412. The van der Waals surface area contributed by atoms with Crippen molar-refractivity contribution in [3.05, 3.63) is 41.0 Å². The maximum Gasteiger partial charge on any atom is 0.319 e. The summed E-state index contributed by atoms with van der Waals surface area (Å²) in [7, 11) is 0. The van der Waals surface area contributed by atoms with Gasteiger partial charge in [0.25, 0.3) is 5.91 Å². The van der Waals surface area contributed by atoms with Crippen LogP contribution in [0.25, 0.3) is 0 Å². The molecule has 3 amide bonds. The predicted molar refractivity (Wildman–Crippen MR) is 95.5 cm³/mol. The normalized spacial score (nSPS) is 11.9. The third-order valence-electron chi connectivity index (χ3n) is 3.51. The third-order valence-corrected chi connectivity index (χ3v) is 3.51. The zero-order chi connectivity index (χ0) is 18.6. The molecule has 0 aliphatic carbocycles. The number of carbonyl (C=O) groups is 2. The molecule has 2 rings (SSSR count). The summed E-state index contributed by atoms with van der Waals surface area (Å²) in [6.07, 6.45) is 0. The first kappa shape index (κ1) is 18.4. The second kappa shape index (κ2) is 7.78. The topological polar surface area (TPSA) is 112 Å². The van der Waals surface area contributed by atoms with Crippen molar-refractivity contribution in [2.75, 3.05) is 5.32 Å². The summed E-state index contributed by atoms with van der Waals surface area (Å²) in [5.41, 5.74) is 1.99. The molecular weight excluding hydrogens is 320 g/mol. The van der Waals surface area contributed by atoms with Crippen LogP contribution in [0.15, 0.2) is 18.2 Å². The second-order valence-corrected chi connectivity index (χ2v) is 6.26. The van der Waals surface area contributed by atoms with Crippen molar-refractivity contribution in [3.8, 4) is 0 Å². The number of urea groups is 1. The Hall–Kier alpha value is -2.90. The first-order valence-electron chi connectivity index (χ1n) is 8.14. The number of carbonyl (C=O) groups excluding carboxylic acids is 2. The van der Waals surface area contributed by atoms with Crippen LogP contribution < -0.4 is 16.0 Å². The average Bonchev–Trinajstić information content (AvgIpc) is 2.95. The number of H-pyrrole nitrogens is 1. The van der Waals surface area contributed by atoms with Crippen LogP contribution in [-0.2, 0) is 0 Å². The Morgan fingerprint density at radius 1 is 1.12 bits per heavy atom. The third kappa shape index (κ3) is 5.03. The van der Waals surface area contributed by atoms with Crippen LogP contribution in [0.2, 0.25) is 0 Å². The Morgan fingerprint density at radius 2 is 1.84 bits per heavy atom. The van der Waals surface area contributed by atoms with Gasteiger partial charge in [0.15, 0.2) is 5.82 Å². The molecule has 1 aromatic carbocycles. The average molecular weight is 344 g/mol. The van der Waals surface area contributed by atoms with Gasteiger partial charge in [-0.05, 0) is 58.4 Å². The van der Waals surface area contributed by atoms with Crippen LogP contribution in [0.5, 0.6) is 0 Å². The minimum Gasteiger partial charge on any atom is -0.350 e. The molecule has 0 fully saturated rings. The fourth-order valence-corrected chi connectivity index (χ4v) is 2.26. The number of anilines is 1. The lowest BCUT2D eigenvalue weighted by Crippen LogP contribution is -2.32. The molecule has 1 aromatic heterocycles. The van der Waals surface area contributed by atoms with E-state index < -0.39 is 0 Å². The van der Waals surface area contributed by atoms with E-state index in [-0.39, 0.29) is 24.0 Å². The molecule has 0 saturated heterocycles. The Balaban J connectivity index is 2.00. The Bertz CT molecular complexity index is 768. The highest BCUT2D eigenvalue weighted by Crippen LogP contribution is 2.17. The highest BCUT2D eigenvalue weighted by Gasteiger charge is 2.15. The van der Waals surface area contributed by atoms with Crippen LogP contribution in [0.1, 0.15) is 54.4 Å². The van der Waals surface area contributed by atoms with Crippen LogP contribution in [0, 0.1) is 13.8 Å². The summed E-state index contributed by atoms with van der Waals surface area (Å²) in [5.74, 6) is 1.07. The number of benzene rings is 1. The van der Waals surface area contributed by atoms with Crippen molar-refractivity contribution in [2.45, 2.75) is 46.7 Å². The molecule has 0 aliphatic rings. The van der Waals surface area contributed by atoms with Crippen LogP contribution in [0.4, 0.5) is 10.5 Å². The Labute approximate surface area is 146 Å². The molecule has 0 spiro atoms. The van der Waals surface area contributed by atoms with Crippen molar-refractivity contribution in [1.29, 1.82) is 0 Å². The molecular formula is C17H24N6O2. The molecule has 8 heteroatoms. The van der Waals surface area contributed by atoms with E-state index >= 15 is 0 Å². The van der Waals surface area contributed by atoms with E-state index in [1.807, 2.05) is 20.8 Å². The van der Waals surface area contributed by atoms with Gasteiger partial charge < -0.3 is 16.0 Å². The number of hydrogen-bond donors (Lipinski definition) is 4. The lowest BCUT2D eigenvalue weighted by Gasteiger charge is -2.14. The van der Waals surface area contributed by atoms with E-state index in [0.29, 0.717) is 22.9 Å². The summed E-state index contributed by atoms with van der Waals surface area (Å²) in [6, 6.07) is 4.51. The van der Waals surface area contributed by atoms with E-state index in [1.165, 1.54) is 0 Å². The lowest BCUT2D eigenvalue weighted by molar-refractivity contribution is 0.0943. The molecule has 0 radical (unpaired) electrons. The van der Waals surface area contributed by atoms with E-state index in [0.717, 1.165) is 5.56 Å². The number of nitrogens with one attached hydrogen (secondary N) is 4. The highest BCUT2D eigenvalue weighted by atomic mass is 16.2. The molecule has 0 bridgehead atoms. The molecule has 25 heavy (non-hydrogen) atoms. The van der Waals surface area contributed by atoms with Crippen LogP contribution in [0.3, 0.4) is 0 Å². The van der Waals surface area contributed by atoms with Crippen molar-refractivity contribution < 1.29 is 9.59 Å². The van der Waals surface area contributed by atoms with Gasteiger partial charge in [0.2, 0.25) is 0 Å². The smallest absolute Gasteiger partial charge is 0.319 e. The zero-order valence-electron chi connectivity index (χ0n) is 15.1. The molecule has 0 aliphatic heterocycles. The van der Waals surface area contributed by atoms with Gasteiger partial charge in [-0.2, -0.15) is 5.10 Å². The molecule has 0 saturated carbocycles. The number of rotatable bonds is 5.